The van der Waals surface area contributed by atoms with E-state index in [1.54, 1.807) is 26.8 Å². The minimum absolute atomic E-state index is 0.00218. The predicted octanol–water partition coefficient (Wildman–Crippen LogP) is 2.59. The van der Waals surface area contributed by atoms with Crippen molar-refractivity contribution in [3.63, 3.8) is 0 Å². The van der Waals surface area contributed by atoms with Crippen molar-refractivity contribution in [2.75, 3.05) is 6.54 Å². The molecule has 1 rings (SSSR count). The first-order chi connectivity index (χ1) is 9.69. The van der Waals surface area contributed by atoms with Gasteiger partial charge in [-0.3, -0.25) is 4.79 Å². The lowest BCUT2D eigenvalue weighted by atomic mass is 9.99. The van der Waals surface area contributed by atoms with Crippen molar-refractivity contribution in [3.8, 4) is 0 Å². The van der Waals surface area contributed by atoms with Crippen molar-refractivity contribution in [2.45, 2.75) is 32.8 Å². The Morgan fingerprint density at radius 2 is 1.95 bits per heavy atom. The number of amides is 1. The first-order valence-corrected chi connectivity index (χ1v) is 6.62. The molecule has 1 atom stereocenters. The van der Waals surface area contributed by atoms with Gasteiger partial charge in [-0.05, 0) is 38.8 Å². The summed E-state index contributed by atoms with van der Waals surface area (Å²) in [4.78, 5) is 22.7. The second kappa shape index (κ2) is 7.06. The third-order valence-electron chi connectivity index (χ3n) is 2.67. The second-order valence-corrected chi connectivity index (χ2v) is 5.71. The molecule has 0 aromatic heterocycles. The number of halogens is 1. The summed E-state index contributed by atoms with van der Waals surface area (Å²) in [6.07, 6.45) is -0.695. The van der Waals surface area contributed by atoms with Gasteiger partial charge in [0, 0.05) is 6.54 Å². The summed E-state index contributed by atoms with van der Waals surface area (Å²) in [5.41, 5.74) is -0.357. The summed E-state index contributed by atoms with van der Waals surface area (Å²) in [6, 6.07) is 5.97. The van der Waals surface area contributed by atoms with Gasteiger partial charge >= 0.3 is 12.1 Å². The van der Waals surface area contributed by atoms with Gasteiger partial charge in [0.05, 0.1) is 5.92 Å². The van der Waals surface area contributed by atoms with E-state index in [-0.39, 0.29) is 13.0 Å². The average molecular weight is 297 g/mol. The molecule has 0 aliphatic carbocycles. The van der Waals surface area contributed by atoms with E-state index < -0.39 is 29.4 Å². The van der Waals surface area contributed by atoms with Crippen molar-refractivity contribution in [1.82, 2.24) is 5.32 Å². The quantitative estimate of drug-likeness (QED) is 0.876. The summed E-state index contributed by atoms with van der Waals surface area (Å²) < 4.78 is 18.6. The number of carbonyl (C=O) groups excluding carboxylic acids is 1. The van der Waals surface area contributed by atoms with Crippen LogP contribution in [0.3, 0.4) is 0 Å². The summed E-state index contributed by atoms with van der Waals surface area (Å²) in [5.74, 6) is -2.48. The van der Waals surface area contributed by atoms with E-state index in [2.05, 4.69) is 5.32 Å². The molecule has 1 aromatic carbocycles. The van der Waals surface area contributed by atoms with Gasteiger partial charge < -0.3 is 15.2 Å². The molecule has 2 N–H and O–H groups in total. The van der Waals surface area contributed by atoms with E-state index in [4.69, 9.17) is 9.84 Å². The molecule has 0 spiro atoms. The number of rotatable bonds is 5. The molecule has 1 amide bonds. The number of ether oxygens (including phenoxy) is 1. The Morgan fingerprint density at radius 3 is 2.48 bits per heavy atom. The van der Waals surface area contributed by atoms with Gasteiger partial charge in [-0.2, -0.15) is 0 Å². The van der Waals surface area contributed by atoms with Crippen LogP contribution in [0.15, 0.2) is 24.3 Å². The molecule has 1 unspecified atom stereocenters. The molecule has 5 nitrogen and oxygen atoms in total. The molecule has 0 saturated carbocycles. The van der Waals surface area contributed by atoms with E-state index in [0.717, 1.165) is 0 Å². The summed E-state index contributed by atoms with van der Waals surface area (Å²) in [5, 5.41) is 11.6. The maximum Gasteiger partial charge on any atom is 0.407 e. The number of carboxylic acid groups (broad SMARTS) is 1. The van der Waals surface area contributed by atoms with Crippen molar-refractivity contribution in [3.05, 3.63) is 35.6 Å². The van der Waals surface area contributed by atoms with E-state index in [0.29, 0.717) is 5.56 Å². The molecular formula is C15H20FNO4. The van der Waals surface area contributed by atoms with Gasteiger partial charge in [-0.1, -0.05) is 18.2 Å². The number of aliphatic carboxylic acids is 1. The molecule has 0 bridgehead atoms. The van der Waals surface area contributed by atoms with Crippen LogP contribution in [0.1, 0.15) is 26.3 Å². The highest BCUT2D eigenvalue weighted by atomic mass is 19.1. The number of carbonyl (C=O) groups is 2. The van der Waals surface area contributed by atoms with Crippen LogP contribution in [-0.4, -0.2) is 29.3 Å². The van der Waals surface area contributed by atoms with Crippen molar-refractivity contribution in [1.29, 1.82) is 0 Å². The number of benzene rings is 1. The molecule has 6 heteroatoms. The van der Waals surface area contributed by atoms with Gasteiger partial charge in [0.2, 0.25) is 0 Å². The van der Waals surface area contributed by atoms with Crippen LogP contribution in [0.25, 0.3) is 0 Å². The zero-order chi connectivity index (χ0) is 16.0. The molecule has 0 radical (unpaired) electrons. The maximum absolute atomic E-state index is 13.5. The van der Waals surface area contributed by atoms with Crippen LogP contribution in [0.5, 0.6) is 0 Å². The Morgan fingerprint density at radius 1 is 1.33 bits per heavy atom. The maximum atomic E-state index is 13.5. The van der Waals surface area contributed by atoms with E-state index >= 15 is 0 Å². The standard InChI is InChI=1S/C15H20FNO4/c1-15(2,3)21-14(20)17-9-11(13(18)19)8-10-6-4-5-7-12(10)16/h4-7,11H,8-9H2,1-3H3,(H,17,20)(H,18,19). The lowest BCUT2D eigenvalue weighted by Gasteiger charge is -2.21. The zero-order valence-electron chi connectivity index (χ0n) is 12.4. The number of nitrogens with one attached hydrogen (secondary N) is 1. The van der Waals surface area contributed by atoms with Gasteiger partial charge in [0.25, 0.3) is 0 Å². The summed E-state index contributed by atoms with van der Waals surface area (Å²) in [7, 11) is 0. The van der Waals surface area contributed by atoms with Gasteiger partial charge in [-0.15, -0.1) is 0 Å². The highest BCUT2D eigenvalue weighted by Crippen LogP contribution is 2.13. The molecule has 0 fully saturated rings. The smallest absolute Gasteiger partial charge is 0.407 e. The van der Waals surface area contributed by atoms with Crippen LogP contribution in [-0.2, 0) is 16.0 Å². The van der Waals surface area contributed by atoms with Crippen molar-refractivity contribution in [2.24, 2.45) is 5.92 Å². The number of hydrogen-bond donors (Lipinski definition) is 2. The van der Waals surface area contributed by atoms with Gasteiger partial charge in [0.15, 0.2) is 0 Å². The fourth-order valence-electron chi connectivity index (χ4n) is 1.70. The van der Waals surface area contributed by atoms with Crippen molar-refractivity contribution < 1.29 is 23.8 Å². The molecule has 116 valence electrons. The lowest BCUT2D eigenvalue weighted by molar-refractivity contribution is -0.141. The Balaban J connectivity index is 2.61. The van der Waals surface area contributed by atoms with Crippen LogP contribution in [0.4, 0.5) is 9.18 Å². The zero-order valence-corrected chi connectivity index (χ0v) is 12.4. The normalized spacial score (nSPS) is 12.6. The molecular weight excluding hydrogens is 277 g/mol. The van der Waals surface area contributed by atoms with Gasteiger partial charge in [-0.25, -0.2) is 9.18 Å². The van der Waals surface area contributed by atoms with Crippen molar-refractivity contribution >= 4 is 12.1 Å². The van der Waals surface area contributed by atoms with Crippen LogP contribution in [0, 0.1) is 11.7 Å². The third kappa shape index (κ3) is 6.25. The largest absolute Gasteiger partial charge is 0.481 e. The molecule has 0 aliphatic rings. The fourth-order valence-corrected chi connectivity index (χ4v) is 1.70. The first-order valence-electron chi connectivity index (χ1n) is 6.62. The minimum atomic E-state index is -1.10. The molecule has 0 aliphatic heterocycles. The van der Waals surface area contributed by atoms with Crippen LogP contribution < -0.4 is 5.32 Å². The van der Waals surface area contributed by atoms with E-state index in [1.807, 2.05) is 0 Å². The third-order valence-corrected chi connectivity index (χ3v) is 2.67. The number of alkyl carbamates (subject to hydrolysis) is 1. The molecule has 0 saturated heterocycles. The minimum Gasteiger partial charge on any atom is -0.481 e. The van der Waals surface area contributed by atoms with Gasteiger partial charge in [0.1, 0.15) is 11.4 Å². The van der Waals surface area contributed by atoms with E-state index in [9.17, 15) is 14.0 Å². The first kappa shape index (κ1) is 16.9. The summed E-state index contributed by atoms with van der Waals surface area (Å²) >= 11 is 0. The molecule has 21 heavy (non-hydrogen) atoms. The Kier molecular flexibility index (Phi) is 5.69. The fraction of sp³-hybridized carbons (Fsp3) is 0.467. The Labute approximate surface area is 123 Å². The van der Waals surface area contributed by atoms with E-state index in [1.165, 1.54) is 18.2 Å². The van der Waals surface area contributed by atoms with Crippen LogP contribution >= 0.6 is 0 Å². The number of hydrogen-bond acceptors (Lipinski definition) is 3. The average Bonchev–Trinajstić information content (AvgIpc) is 2.34. The summed E-state index contributed by atoms with van der Waals surface area (Å²) in [6.45, 7) is 5.00. The highest BCUT2D eigenvalue weighted by molar-refractivity contribution is 5.73. The Hall–Kier alpha value is -2.11. The Bertz CT molecular complexity index is 511. The SMILES string of the molecule is CC(C)(C)OC(=O)NCC(Cc1ccccc1F)C(=O)O. The predicted molar refractivity (Wildman–Crippen MR) is 75.5 cm³/mol. The second-order valence-electron chi connectivity index (χ2n) is 5.71. The topological polar surface area (TPSA) is 75.6 Å². The lowest BCUT2D eigenvalue weighted by Crippen LogP contribution is -2.37. The highest BCUT2D eigenvalue weighted by Gasteiger charge is 2.22. The number of carboxylic acids is 1. The molecule has 0 heterocycles. The van der Waals surface area contributed by atoms with Crippen LogP contribution in [0.2, 0.25) is 0 Å². The molecule has 1 aromatic rings. The monoisotopic (exact) mass is 297 g/mol.